The van der Waals surface area contributed by atoms with Crippen molar-refractivity contribution in [2.45, 2.75) is 24.3 Å². The molecule has 4 N–H and O–H groups in total. The van der Waals surface area contributed by atoms with Gasteiger partial charge in [-0.1, -0.05) is 33.2 Å². The fourth-order valence-corrected chi connectivity index (χ4v) is 2.73. The Morgan fingerprint density at radius 1 is 1.19 bits per heavy atom. The van der Waals surface area contributed by atoms with Gasteiger partial charge in [0, 0.05) is 16.1 Å². The first kappa shape index (κ1) is 14.7. The second kappa shape index (κ2) is 5.86. The van der Waals surface area contributed by atoms with Gasteiger partial charge in [0.1, 0.15) is 11.8 Å². The molecule has 4 atom stereocenters. The van der Waals surface area contributed by atoms with E-state index in [9.17, 15) is 10.2 Å². The van der Waals surface area contributed by atoms with Crippen LogP contribution in [0, 0.1) is 0 Å². The number of rotatable bonds is 3. The summed E-state index contributed by atoms with van der Waals surface area (Å²) >= 11 is 3.37. The van der Waals surface area contributed by atoms with Crippen LogP contribution in [0.3, 0.4) is 0 Å². The van der Waals surface area contributed by atoms with Crippen LogP contribution >= 0.6 is 15.9 Å². The van der Waals surface area contributed by atoms with E-state index in [1.165, 1.54) is 0 Å². The highest BCUT2D eigenvalue weighted by Gasteiger charge is 2.42. The Hall–Kier alpha value is -1.25. The largest absolute Gasteiger partial charge is 0.395 e. The van der Waals surface area contributed by atoms with Crippen molar-refractivity contribution in [1.82, 2.24) is 10.5 Å². The molecule has 0 spiro atoms. The number of benzene rings is 1. The topological polar surface area (TPSA) is 98.8 Å². The molecule has 0 bridgehead atoms. The number of halogens is 1. The Balaban J connectivity index is 1.84. The fourth-order valence-electron chi connectivity index (χ4n) is 2.47. The molecule has 1 fully saturated rings. The maximum atomic E-state index is 10.0. The van der Waals surface area contributed by atoms with Gasteiger partial charge >= 0.3 is 0 Å². The van der Waals surface area contributed by atoms with E-state index in [2.05, 4.69) is 26.4 Å². The Labute approximate surface area is 129 Å². The van der Waals surface area contributed by atoms with Crippen molar-refractivity contribution in [2.24, 2.45) is 0 Å². The van der Waals surface area contributed by atoms with Crippen molar-refractivity contribution in [2.75, 3.05) is 6.61 Å². The van der Waals surface area contributed by atoms with Crippen molar-refractivity contribution < 1.29 is 19.8 Å². The van der Waals surface area contributed by atoms with Crippen molar-refractivity contribution in [3.8, 4) is 11.3 Å². The van der Waals surface area contributed by atoms with Gasteiger partial charge in [0.25, 0.3) is 0 Å². The van der Waals surface area contributed by atoms with Gasteiger partial charge in [-0.25, -0.2) is 0 Å². The number of nitrogens with one attached hydrogen (secondary N) is 1. The summed E-state index contributed by atoms with van der Waals surface area (Å²) in [5.74, 6) is 0.577. The van der Waals surface area contributed by atoms with Gasteiger partial charge in [0.05, 0.1) is 24.8 Å². The molecule has 0 radical (unpaired) electrons. The van der Waals surface area contributed by atoms with Gasteiger partial charge in [0.15, 0.2) is 5.76 Å². The van der Waals surface area contributed by atoms with Gasteiger partial charge in [-0.3, -0.25) is 5.32 Å². The van der Waals surface area contributed by atoms with E-state index in [-0.39, 0.29) is 6.61 Å². The Morgan fingerprint density at radius 3 is 2.52 bits per heavy atom. The molecule has 112 valence electrons. The Bertz CT molecular complexity index is 616. The van der Waals surface area contributed by atoms with Crippen LogP contribution in [-0.4, -0.2) is 45.3 Å². The van der Waals surface area contributed by atoms with E-state index < -0.39 is 24.3 Å². The van der Waals surface area contributed by atoms with Crippen molar-refractivity contribution in [3.63, 3.8) is 0 Å². The Kier molecular flexibility index (Phi) is 4.10. The van der Waals surface area contributed by atoms with Crippen molar-refractivity contribution >= 4 is 15.9 Å². The average molecular weight is 355 g/mol. The first-order valence-corrected chi connectivity index (χ1v) is 7.35. The minimum atomic E-state index is -1.04. The van der Waals surface area contributed by atoms with E-state index in [0.717, 1.165) is 10.0 Å². The smallest absolute Gasteiger partial charge is 0.167 e. The lowest BCUT2D eigenvalue weighted by atomic mass is 10.0. The lowest BCUT2D eigenvalue weighted by molar-refractivity contribution is 0.0187. The van der Waals surface area contributed by atoms with Crippen LogP contribution in [0.15, 0.2) is 39.3 Å². The predicted molar refractivity (Wildman–Crippen MR) is 78.4 cm³/mol. The lowest BCUT2D eigenvalue weighted by Crippen LogP contribution is -2.35. The molecule has 1 aromatic heterocycles. The first-order valence-electron chi connectivity index (χ1n) is 6.55. The zero-order chi connectivity index (χ0) is 15.0. The SMILES string of the molecule is OC[C@H]1N[C@H](c2cc(-c3ccc(Br)cc3)on2)[C@@H](O)[C@@H]1O. The standard InChI is InChI=1S/C14H15BrN2O4/c15-8-3-1-7(2-4-8)11-5-9(17-21-11)12-14(20)13(19)10(6-18)16-12/h1-5,10,12-14,16,18-20H,6H2/t10-,12-,13-,14-/m1/s1. The summed E-state index contributed by atoms with van der Waals surface area (Å²) in [6.45, 7) is -0.258. The molecule has 0 saturated carbocycles. The van der Waals surface area contributed by atoms with Gasteiger partial charge in [-0.15, -0.1) is 0 Å². The lowest BCUT2D eigenvalue weighted by Gasteiger charge is -2.12. The van der Waals surface area contributed by atoms with E-state index >= 15 is 0 Å². The normalized spacial score (nSPS) is 29.0. The molecule has 7 heteroatoms. The maximum Gasteiger partial charge on any atom is 0.167 e. The molecule has 3 rings (SSSR count). The van der Waals surface area contributed by atoms with Gasteiger partial charge in [-0.2, -0.15) is 0 Å². The molecular weight excluding hydrogens is 340 g/mol. The molecular formula is C14H15BrN2O4. The van der Waals surface area contributed by atoms with E-state index in [0.29, 0.717) is 11.5 Å². The molecule has 0 unspecified atom stereocenters. The minimum absolute atomic E-state index is 0.258. The third-order valence-electron chi connectivity index (χ3n) is 3.67. The fraction of sp³-hybridized carbons (Fsp3) is 0.357. The predicted octanol–water partition coefficient (Wildman–Crippen LogP) is 0.831. The first-order chi connectivity index (χ1) is 10.1. The molecule has 2 heterocycles. The molecule has 1 aliphatic heterocycles. The summed E-state index contributed by atoms with van der Waals surface area (Å²) in [5.41, 5.74) is 1.36. The zero-order valence-electron chi connectivity index (χ0n) is 11.0. The third-order valence-corrected chi connectivity index (χ3v) is 4.20. The second-order valence-electron chi connectivity index (χ2n) is 5.04. The molecule has 1 aliphatic rings. The molecule has 2 aromatic rings. The summed E-state index contributed by atoms with van der Waals surface area (Å²) < 4.78 is 6.26. The summed E-state index contributed by atoms with van der Waals surface area (Å²) in [5, 5.41) is 35.9. The van der Waals surface area contributed by atoms with Crippen molar-refractivity contribution in [3.05, 3.63) is 40.5 Å². The summed E-state index contributed by atoms with van der Waals surface area (Å²) in [7, 11) is 0. The number of aliphatic hydroxyl groups excluding tert-OH is 3. The van der Waals surface area contributed by atoms with Crippen LogP contribution in [0.1, 0.15) is 11.7 Å². The Morgan fingerprint density at radius 2 is 1.90 bits per heavy atom. The minimum Gasteiger partial charge on any atom is -0.395 e. The molecule has 1 saturated heterocycles. The van der Waals surface area contributed by atoms with Crippen LogP contribution in [0.25, 0.3) is 11.3 Å². The van der Waals surface area contributed by atoms with Gasteiger partial charge < -0.3 is 19.8 Å². The molecule has 6 nitrogen and oxygen atoms in total. The molecule has 21 heavy (non-hydrogen) atoms. The van der Waals surface area contributed by atoms with Gasteiger partial charge in [-0.05, 0) is 12.1 Å². The summed E-state index contributed by atoms with van der Waals surface area (Å²) in [6.07, 6.45) is -2.07. The van der Waals surface area contributed by atoms with Crippen LogP contribution in [0.4, 0.5) is 0 Å². The zero-order valence-corrected chi connectivity index (χ0v) is 12.6. The third kappa shape index (κ3) is 2.75. The van der Waals surface area contributed by atoms with Crippen LogP contribution in [0.5, 0.6) is 0 Å². The van der Waals surface area contributed by atoms with Crippen LogP contribution in [-0.2, 0) is 0 Å². The molecule has 0 amide bonds. The monoisotopic (exact) mass is 354 g/mol. The van der Waals surface area contributed by atoms with Crippen LogP contribution in [0.2, 0.25) is 0 Å². The van der Waals surface area contributed by atoms with E-state index in [1.807, 2.05) is 24.3 Å². The van der Waals surface area contributed by atoms with Crippen molar-refractivity contribution in [1.29, 1.82) is 0 Å². The number of hydrogen-bond acceptors (Lipinski definition) is 6. The van der Waals surface area contributed by atoms with E-state index in [1.54, 1.807) is 6.07 Å². The highest BCUT2D eigenvalue weighted by Crippen LogP contribution is 2.30. The van der Waals surface area contributed by atoms with E-state index in [4.69, 9.17) is 9.63 Å². The number of hydrogen-bond donors (Lipinski definition) is 4. The molecule has 1 aromatic carbocycles. The van der Waals surface area contributed by atoms with Gasteiger partial charge in [0.2, 0.25) is 0 Å². The highest BCUT2D eigenvalue weighted by molar-refractivity contribution is 9.10. The molecule has 0 aliphatic carbocycles. The number of aliphatic hydroxyl groups is 3. The second-order valence-corrected chi connectivity index (χ2v) is 5.95. The summed E-state index contributed by atoms with van der Waals surface area (Å²) in [4.78, 5) is 0. The maximum absolute atomic E-state index is 10.0. The van der Waals surface area contributed by atoms with Crippen LogP contribution < -0.4 is 5.32 Å². The highest BCUT2D eigenvalue weighted by atomic mass is 79.9. The average Bonchev–Trinajstić information content (AvgIpc) is 3.07. The summed E-state index contributed by atoms with van der Waals surface area (Å²) in [6, 6.07) is 8.15. The number of nitrogens with zero attached hydrogens (tertiary/aromatic N) is 1. The quantitative estimate of drug-likeness (QED) is 0.651. The number of aromatic nitrogens is 1.